The molecule has 0 aromatic rings. The molecule has 0 rings (SSSR count). The number of guanidine groups is 1. The van der Waals surface area contributed by atoms with E-state index in [1.807, 2.05) is 0 Å². The van der Waals surface area contributed by atoms with Gasteiger partial charge in [-0.1, -0.05) is 0 Å². The topological polar surface area (TPSA) is 90.4 Å². The van der Waals surface area contributed by atoms with Crippen LogP contribution in [0, 0.1) is 5.41 Å². The van der Waals surface area contributed by atoms with Crippen molar-refractivity contribution in [1.29, 1.82) is 5.41 Å². The van der Waals surface area contributed by atoms with Crippen molar-refractivity contribution in [2.45, 2.75) is 0 Å². The molecule has 0 aliphatic carbocycles. The molecule has 0 bridgehead atoms. The van der Waals surface area contributed by atoms with Gasteiger partial charge in [-0.15, -0.1) is 0 Å². The van der Waals surface area contributed by atoms with Crippen LogP contribution < -0.4 is 35.3 Å². The third kappa shape index (κ3) is 5.87. The number of rotatable bonds is 2. The van der Waals surface area contributed by atoms with E-state index >= 15 is 0 Å². The second kappa shape index (κ2) is 5.52. The Balaban J connectivity index is -0.000000320. The molecule has 0 aliphatic rings. The third-order valence-corrected chi connectivity index (χ3v) is 0.784. The van der Waals surface area contributed by atoms with E-state index in [0.29, 0.717) is 0 Å². The van der Waals surface area contributed by atoms with E-state index in [4.69, 9.17) is 16.2 Å². The number of hydrogen-bond acceptors (Lipinski definition) is 2. The van der Waals surface area contributed by atoms with Gasteiger partial charge in [0.15, 0.2) is 5.96 Å². The second-order valence-electron chi connectivity index (χ2n) is 1.64. The molecule has 6 heteroatoms. The summed E-state index contributed by atoms with van der Waals surface area (Å²) >= 11 is 0. The third-order valence-electron chi connectivity index (χ3n) is 0.784. The smallest absolute Gasteiger partial charge is 1.00 e. The van der Waals surface area contributed by atoms with Crippen molar-refractivity contribution in [3.8, 4) is 0 Å². The van der Waals surface area contributed by atoms with E-state index < -0.39 is 5.97 Å². The average molecular weight is 155 g/mol. The zero-order valence-electron chi connectivity index (χ0n) is 7.09. The molecule has 5 nitrogen and oxygen atoms in total. The number of carboxylic acids is 1. The van der Waals surface area contributed by atoms with Gasteiger partial charge in [0, 0.05) is 7.05 Å². The van der Waals surface area contributed by atoms with Crippen LogP contribution >= 0.6 is 0 Å². The van der Waals surface area contributed by atoms with Gasteiger partial charge >= 0.3 is 35.5 Å². The maximum Gasteiger partial charge on any atom is 1.00 e. The number of aliphatic carboxylic acids is 1. The second-order valence-corrected chi connectivity index (χ2v) is 1.64. The zero-order chi connectivity index (χ0) is 7.44. The molecule has 0 saturated heterocycles. The number of nitrogens with two attached hydrogens (primary N) is 1. The molecular weight excluding hydrogens is 145 g/mol. The first-order chi connectivity index (χ1) is 4.04. The largest absolute Gasteiger partial charge is 1.00 e. The van der Waals surface area contributed by atoms with Gasteiger partial charge in [-0.3, -0.25) is 10.2 Å². The van der Waals surface area contributed by atoms with Crippen LogP contribution in [-0.2, 0) is 4.79 Å². The maximum atomic E-state index is 9.92. The quantitative estimate of drug-likeness (QED) is 0.215. The summed E-state index contributed by atoms with van der Waals surface area (Å²) in [5.74, 6) is -1.23. The normalized spacial score (nSPS) is 7.70. The summed E-state index contributed by atoms with van der Waals surface area (Å²) in [6, 6.07) is 0. The van der Waals surface area contributed by atoms with Gasteiger partial charge in [0.1, 0.15) is 6.54 Å². The summed E-state index contributed by atoms with van der Waals surface area (Å²) < 4.78 is 0. The van der Waals surface area contributed by atoms with Crippen molar-refractivity contribution in [2.24, 2.45) is 5.73 Å². The van der Waals surface area contributed by atoms with E-state index in [1.165, 1.54) is 7.05 Å². The standard InChI is InChI=1S/C4H9N3O2.Na.H/c1-7(4(5)6)2-3(8)9;;/h2H2,1H3,(H3,5,6)(H,8,9);;/q;+1;-1. The first-order valence-corrected chi connectivity index (χ1v) is 2.31. The Labute approximate surface area is 82.5 Å². The Kier molecular flexibility index (Phi) is 6.85. The van der Waals surface area contributed by atoms with Gasteiger partial charge in [0.05, 0.1) is 0 Å². The first kappa shape index (κ1) is 12.4. The number of carbonyl (C=O) groups is 1. The van der Waals surface area contributed by atoms with Crippen LogP contribution in [0.4, 0.5) is 0 Å². The molecule has 10 heavy (non-hydrogen) atoms. The summed E-state index contributed by atoms with van der Waals surface area (Å²) in [5, 5.41) is 14.9. The first-order valence-electron chi connectivity index (χ1n) is 2.31. The fourth-order valence-electron chi connectivity index (χ4n) is 0.288. The van der Waals surface area contributed by atoms with Gasteiger partial charge in [-0.25, -0.2) is 0 Å². The molecule has 0 amide bonds. The van der Waals surface area contributed by atoms with Gasteiger partial charge in [0.2, 0.25) is 0 Å². The Morgan fingerprint density at radius 3 is 2.40 bits per heavy atom. The van der Waals surface area contributed by atoms with E-state index in [2.05, 4.69) is 0 Å². The molecule has 0 radical (unpaired) electrons. The van der Waals surface area contributed by atoms with E-state index in [9.17, 15) is 4.79 Å². The minimum Gasteiger partial charge on any atom is -1.00 e. The Morgan fingerprint density at radius 1 is 1.90 bits per heavy atom. The molecule has 54 valence electrons. The van der Waals surface area contributed by atoms with Crippen LogP contribution in [0.5, 0.6) is 0 Å². The predicted octanol–water partition coefficient (Wildman–Crippen LogP) is -3.99. The Bertz CT molecular complexity index is 143. The molecule has 0 aliphatic heterocycles. The van der Waals surface area contributed by atoms with Crippen LogP contribution in [0.15, 0.2) is 0 Å². The maximum absolute atomic E-state index is 9.92. The van der Waals surface area contributed by atoms with Crippen molar-refractivity contribution in [3.63, 3.8) is 0 Å². The van der Waals surface area contributed by atoms with Gasteiger partial charge < -0.3 is 17.2 Å². The summed E-state index contributed by atoms with van der Waals surface area (Å²) in [6.45, 7) is -0.227. The molecule has 0 heterocycles. The van der Waals surface area contributed by atoms with Crippen molar-refractivity contribution < 1.29 is 40.9 Å². The van der Waals surface area contributed by atoms with Crippen LogP contribution in [0.25, 0.3) is 0 Å². The van der Waals surface area contributed by atoms with Crippen LogP contribution in [0.1, 0.15) is 1.43 Å². The van der Waals surface area contributed by atoms with Gasteiger partial charge in [-0.2, -0.15) is 0 Å². The van der Waals surface area contributed by atoms with Crippen LogP contribution in [0.2, 0.25) is 0 Å². The number of hydrogen-bond donors (Lipinski definition) is 3. The van der Waals surface area contributed by atoms with E-state index in [0.717, 1.165) is 4.90 Å². The fraction of sp³-hybridized carbons (Fsp3) is 0.500. The molecule has 0 aromatic heterocycles. The SMILES string of the molecule is CN(CC(=O)O)C(=N)N.[H-].[Na+]. The Morgan fingerprint density at radius 2 is 2.30 bits per heavy atom. The predicted molar refractivity (Wildman–Crippen MR) is 33.3 cm³/mol. The van der Waals surface area contributed by atoms with Crippen LogP contribution in [-0.4, -0.2) is 35.5 Å². The fourth-order valence-corrected chi connectivity index (χ4v) is 0.288. The van der Waals surface area contributed by atoms with Crippen LogP contribution in [0.3, 0.4) is 0 Å². The molecule has 0 fully saturated rings. The van der Waals surface area contributed by atoms with Crippen molar-refractivity contribution in [2.75, 3.05) is 13.6 Å². The molecule has 0 unspecified atom stereocenters. The number of nitrogens with one attached hydrogen (secondary N) is 1. The summed E-state index contributed by atoms with van der Waals surface area (Å²) in [5.41, 5.74) is 4.93. The Hall–Kier alpha value is -0.260. The van der Waals surface area contributed by atoms with E-state index in [1.54, 1.807) is 0 Å². The molecule has 0 aromatic carbocycles. The number of carboxylic acid groups (broad SMARTS) is 1. The molecule has 0 saturated carbocycles. The number of nitrogens with zero attached hydrogens (tertiary/aromatic N) is 1. The van der Waals surface area contributed by atoms with Crippen molar-refractivity contribution >= 4 is 11.9 Å². The summed E-state index contributed by atoms with van der Waals surface area (Å²) in [4.78, 5) is 11.0. The summed E-state index contributed by atoms with van der Waals surface area (Å²) in [7, 11) is 1.44. The monoisotopic (exact) mass is 155 g/mol. The number of likely N-dealkylation sites (N-methyl/N-ethyl adjacent to an activating group) is 1. The van der Waals surface area contributed by atoms with Gasteiger partial charge in [-0.05, 0) is 0 Å². The van der Waals surface area contributed by atoms with Gasteiger partial charge in [0.25, 0.3) is 0 Å². The van der Waals surface area contributed by atoms with Crippen molar-refractivity contribution in [1.82, 2.24) is 4.90 Å². The average Bonchev–Trinajstić information content (AvgIpc) is 1.63. The van der Waals surface area contributed by atoms with Crippen molar-refractivity contribution in [3.05, 3.63) is 0 Å². The molecule has 0 spiro atoms. The molecule has 0 atom stereocenters. The van der Waals surface area contributed by atoms with E-state index in [-0.39, 0.29) is 43.5 Å². The minimum atomic E-state index is -0.993. The molecule has 4 N–H and O–H groups in total. The zero-order valence-corrected chi connectivity index (χ0v) is 8.09. The molecular formula is C4H10N3NaO2. The minimum absolute atomic E-state index is 0. The summed E-state index contributed by atoms with van der Waals surface area (Å²) in [6.07, 6.45) is 0.